The minimum atomic E-state index is -3.56. The molecule has 4 nitrogen and oxygen atoms in total. The summed E-state index contributed by atoms with van der Waals surface area (Å²) in [6.07, 6.45) is 11.7. The fourth-order valence-electron chi connectivity index (χ4n) is 4.85. The molecule has 1 aromatic carbocycles. The van der Waals surface area contributed by atoms with E-state index in [1.807, 2.05) is 19.1 Å². The van der Waals surface area contributed by atoms with Crippen LogP contribution in [-0.2, 0) is 10.0 Å². The van der Waals surface area contributed by atoms with Gasteiger partial charge in [0.25, 0.3) is 0 Å². The molecule has 0 unspecified atom stereocenters. The van der Waals surface area contributed by atoms with Gasteiger partial charge in [-0.2, -0.15) is 0 Å². The quantitative estimate of drug-likeness (QED) is 0.209. The number of hydrogen-bond acceptors (Lipinski definition) is 3. The van der Waals surface area contributed by atoms with Crippen LogP contribution in [0.3, 0.4) is 0 Å². The molecule has 6 heteroatoms. The van der Waals surface area contributed by atoms with E-state index in [0.29, 0.717) is 11.4 Å². The number of aryl methyl sites for hydroxylation is 1. The van der Waals surface area contributed by atoms with Gasteiger partial charge in [-0.3, -0.25) is 0 Å². The van der Waals surface area contributed by atoms with Crippen molar-refractivity contribution in [3.63, 3.8) is 0 Å². The number of aliphatic hydroxyl groups excluding tert-OH is 1. The van der Waals surface area contributed by atoms with Gasteiger partial charge in [0.1, 0.15) is 0 Å². The van der Waals surface area contributed by atoms with Gasteiger partial charge in [-0.05, 0) is 0 Å². The number of unbranched alkanes of at least 4 members (excludes halogenated alkanes) is 3. The number of β-amino-alcohol motifs (C(OH)–C–C–N with tert-alkyl or cyclic N) is 1. The summed E-state index contributed by atoms with van der Waals surface area (Å²) in [5, 5.41) is 10.6. The average molecular weight is 570 g/mol. The fourth-order valence-corrected chi connectivity index (χ4v) is 21.5. The van der Waals surface area contributed by atoms with Crippen LogP contribution >= 0.6 is 0 Å². The number of sulfonamides is 1. The van der Waals surface area contributed by atoms with Crippen LogP contribution in [0.25, 0.3) is 0 Å². The summed E-state index contributed by atoms with van der Waals surface area (Å²) in [6.45, 7) is 9.39. The van der Waals surface area contributed by atoms with Crippen molar-refractivity contribution in [3.05, 3.63) is 42.0 Å². The number of nitrogens with zero attached hydrogens (tertiary/aromatic N) is 1. The second-order valence-electron chi connectivity index (χ2n) is 9.81. The molecule has 0 radical (unpaired) electrons. The van der Waals surface area contributed by atoms with Gasteiger partial charge in [0.2, 0.25) is 0 Å². The van der Waals surface area contributed by atoms with Crippen LogP contribution in [0.4, 0.5) is 0 Å². The third kappa shape index (κ3) is 7.85. The first-order valence-electron chi connectivity index (χ1n) is 12.7. The van der Waals surface area contributed by atoms with E-state index in [0.717, 1.165) is 5.56 Å². The molecule has 2 atom stereocenters. The second-order valence-corrected chi connectivity index (χ2v) is 25.8. The molecule has 32 heavy (non-hydrogen) atoms. The van der Waals surface area contributed by atoms with Crippen LogP contribution in [-0.4, -0.2) is 55.4 Å². The SMILES string of the molecule is CCC[CH2][Sn]([CH2]/C=C/[C@H]1CN(S(=O)(=O)c2ccc(C)cc2)C[C@H]1O)([CH2]CCC)[CH2]CCC. The van der Waals surface area contributed by atoms with Crippen molar-refractivity contribution in [3.8, 4) is 0 Å². The van der Waals surface area contributed by atoms with Crippen molar-refractivity contribution >= 4 is 28.4 Å². The Morgan fingerprint density at radius 2 is 1.50 bits per heavy atom. The Kier molecular flexibility index (Phi) is 11.8. The predicted molar refractivity (Wildman–Crippen MR) is 138 cm³/mol. The van der Waals surface area contributed by atoms with Crippen LogP contribution in [0.5, 0.6) is 0 Å². The number of benzene rings is 1. The van der Waals surface area contributed by atoms with E-state index in [-0.39, 0.29) is 12.5 Å². The first-order valence-corrected chi connectivity index (χ1v) is 22.2. The van der Waals surface area contributed by atoms with E-state index >= 15 is 0 Å². The molecular formula is C26H45NO3SSn. The zero-order valence-corrected chi connectivity index (χ0v) is 24.4. The van der Waals surface area contributed by atoms with E-state index in [4.69, 9.17) is 0 Å². The third-order valence-corrected chi connectivity index (χ3v) is 24.2. The summed E-state index contributed by atoms with van der Waals surface area (Å²) in [5.41, 5.74) is 1.04. The molecule has 0 amide bonds. The number of hydrogen-bond donors (Lipinski definition) is 1. The Morgan fingerprint density at radius 1 is 0.969 bits per heavy atom. The molecule has 0 saturated carbocycles. The van der Waals surface area contributed by atoms with E-state index in [1.54, 1.807) is 12.1 Å². The van der Waals surface area contributed by atoms with Gasteiger partial charge in [-0.1, -0.05) is 0 Å². The Morgan fingerprint density at radius 3 is 2.00 bits per heavy atom. The molecule has 2 rings (SSSR count). The van der Waals surface area contributed by atoms with E-state index in [1.165, 1.54) is 60.6 Å². The Balaban J connectivity index is 2.08. The maximum atomic E-state index is 13.0. The average Bonchev–Trinajstić information content (AvgIpc) is 3.16. The summed E-state index contributed by atoms with van der Waals surface area (Å²) in [7, 11) is -3.56. The fraction of sp³-hybridized carbons (Fsp3) is 0.692. The summed E-state index contributed by atoms with van der Waals surface area (Å²) < 4.78 is 33.2. The number of rotatable bonds is 14. The van der Waals surface area contributed by atoms with Crippen molar-refractivity contribution in [1.82, 2.24) is 4.31 Å². The molecule has 1 aliphatic heterocycles. The van der Waals surface area contributed by atoms with Gasteiger partial charge in [-0.15, -0.1) is 0 Å². The molecule has 0 bridgehead atoms. The van der Waals surface area contributed by atoms with E-state index in [2.05, 4.69) is 32.9 Å². The van der Waals surface area contributed by atoms with Gasteiger partial charge in [0.15, 0.2) is 0 Å². The Bertz CT molecular complexity index is 785. The third-order valence-electron chi connectivity index (χ3n) is 7.07. The molecular weight excluding hydrogens is 525 g/mol. The Hall–Kier alpha value is -0.371. The summed E-state index contributed by atoms with van der Waals surface area (Å²) >= 11 is -2.24. The van der Waals surface area contributed by atoms with Gasteiger partial charge in [0.05, 0.1) is 0 Å². The van der Waals surface area contributed by atoms with Gasteiger partial charge in [0, 0.05) is 0 Å². The molecule has 1 heterocycles. The standard InChI is InChI=1S/C14H18NO3S.3C4H9.Sn/c1-3-4-12-9-15(10-14(12)16)19(17,18)13-7-5-11(2)6-8-13;3*1-3-4-2;/h3-8,12,14,16H,1,9-10H2,2H3;3*1,3-4H2,2H3;/b4-3+;;;;/t12-,14+;;;;/m0..../s1. The van der Waals surface area contributed by atoms with Crippen LogP contribution < -0.4 is 0 Å². The topological polar surface area (TPSA) is 57.6 Å². The summed E-state index contributed by atoms with van der Waals surface area (Å²) in [6, 6.07) is 6.98. The van der Waals surface area contributed by atoms with Crippen molar-refractivity contribution < 1.29 is 13.5 Å². The molecule has 1 aromatic rings. The molecule has 0 aromatic heterocycles. The second kappa shape index (κ2) is 13.5. The first-order chi connectivity index (χ1) is 15.3. The van der Waals surface area contributed by atoms with Crippen LogP contribution in [0.2, 0.25) is 17.7 Å². The molecule has 1 N–H and O–H groups in total. The summed E-state index contributed by atoms with van der Waals surface area (Å²) in [4.78, 5) is 0.314. The monoisotopic (exact) mass is 571 g/mol. The predicted octanol–water partition coefficient (Wildman–Crippen LogP) is 6.38. The first kappa shape index (κ1) is 27.9. The van der Waals surface area contributed by atoms with Crippen LogP contribution in [0, 0.1) is 12.8 Å². The number of allylic oxidation sites excluding steroid dienone is 1. The molecule has 0 aliphatic carbocycles. The molecule has 182 valence electrons. The van der Waals surface area contributed by atoms with Gasteiger partial charge >= 0.3 is 202 Å². The Labute approximate surface area is 201 Å². The van der Waals surface area contributed by atoms with Crippen molar-refractivity contribution in [2.24, 2.45) is 5.92 Å². The zero-order valence-electron chi connectivity index (χ0n) is 20.7. The molecule has 1 aliphatic rings. The molecule has 1 saturated heterocycles. The van der Waals surface area contributed by atoms with Crippen molar-refractivity contribution in [1.29, 1.82) is 0 Å². The molecule has 0 spiro atoms. The van der Waals surface area contributed by atoms with Crippen molar-refractivity contribution in [2.45, 2.75) is 95.0 Å². The van der Waals surface area contributed by atoms with Gasteiger partial charge < -0.3 is 0 Å². The van der Waals surface area contributed by atoms with E-state index < -0.39 is 34.5 Å². The minimum absolute atomic E-state index is 0.109. The zero-order chi connectivity index (χ0) is 23.6. The summed E-state index contributed by atoms with van der Waals surface area (Å²) in [5.74, 6) is -0.109. The van der Waals surface area contributed by atoms with Crippen LogP contribution in [0.1, 0.15) is 64.9 Å². The van der Waals surface area contributed by atoms with Crippen molar-refractivity contribution in [2.75, 3.05) is 13.1 Å². The van der Waals surface area contributed by atoms with Crippen LogP contribution in [0.15, 0.2) is 41.3 Å². The molecule has 1 fully saturated rings. The normalized spacial score (nSPS) is 20.4. The number of aliphatic hydroxyl groups is 1. The van der Waals surface area contributed by atoms with E-state index in [9.17, 15) is 13.5 Å². The van der Waals surface area contributed by atoms with Gasteiger partial charge in [-0.25, -0.2) is 0 Å². The maximum absolute atomic E-state index is 13.0.